The van der Waals surface area contributed by atoms with Crippen molar-refractivity contribution in [1.82, 2.24) is 4.98 Å². The SMILES string of the molecule is FC(F)(F)Oc1ccc2ccnc(NBr)c2c1. The predicted molar refractivity (Wildman–Crippen MR) is 61.0 cm³/mol. The van der Waals surface area contributed by atoms with Gasteiger partial charge < -0.3 is 9.08 Å². The topological polar surface area (TPSA) is 34.1 Å². The number of nitrogens with one attached hydrogen (secondary N) is 1. The van der Waals surface area contributed by atoms with Gasteiger partial charge in [0.1, 0.15) is 11.6 Å². The van der Waals surface area contributed by atoms with Crippen LogP contribution in [0.4, 0.5) is 19.0 Å². The maximum absolute atomic E-state index is 12.1. The number of anilines is 1. The molecule has 0 fully saturated rings. The largest absolute Gasteiger partial charge is 0.573 e. The highest BCUT2D eigenvalue weighted by atomic mass is 79.9. The van der Waals surface area contributed by atoms with Crippen LogP contribution >= 0.6 is 16.1 Å². The van der Waals surface area contributed by atoms with Crippen molar-refractivity contribution in [2.45, 2.75) is 6.36 Å². The summed E-state index contributed by atoms with van der Waals surface area (Å²) in [7, 11) is 0. The van der Waals surface area contributed by atoms with E-state index in [1.165, 1.54) is 18.2 Å². The number of nitrogens with zero attached hydrogens (tertiary/aromatic N) is 1. The van der Waals surface area contributed by atoms with Crippen molar-refractivity contribution in [1.29, 1.82) is 0 Å². The second-order valence-electron chi connectivity index (χ2n) is 3.18. The number of alkyl halides is 3. The van der Waals surface area contributed by atoms with Crippen LogP contribution in [0.25, 0.3) is 10.8 Å². The second-order valence-corrected chi connectivity index (χ2v) is 3.58. The molecule has 0 saturated heterocycles. The third kappa shape index (κ3) is 2.79. The summed E-state index contributed by atoms with van der Waals surface area (Å²) in [4.78, 5) is 3.97. The summed E-state index contributed by atoms with van der Waals surface area (Å²) in [5.74, 6) is 0.150. The molecule has 0 radical (unpaired) electrons. The van der Waals surface area contributed by atoms with Gasteiger partial charge in [0, 0.05) is 27.7 Å². The Balaban J connectivity index is 2.48. The van der Waals surface area contributed by atoms with Crippen LogP contribution in [0, 0.1) is 0 Å². The standard InChI is InChI=1S/C10H6BrF3N2O/c11-16-9-8-5-7(17-10(12,13)14)2-1-6(8)3-4-15-9/h1-5H,(H,15,16). The van der Waals surface area contributed by atoms with Crippen LogP contribution in [-0.2, 0) is 0 Å². The van der Waals surface area contributed by atoms with Crippen LogP contribution in [0.5, 0.6) is 5.75 Å². The van der Waals surface area contributed by atoms with Crippen molar-refractivity contribution in [2.24, 2.45) is 0 Å². The zero-order chi connectivity index (χ0) is 12.5. The summed E-state index contributed by atoms with van der Waals surface area (Å²) in [5, 5.41) is 1.29. The highest BCUT2D eigenvalue weighted by molar-refractivity contribution is 9.10. The number of aromatic nitrogens is 1. The van der Waals surface area contributed by atoms with Crippen LogP contribution in [0.2, 0.25) is 0 Å². The van der Waals surface area contributed by atoms with Gasteiger partial charge in [-0.1, -0.05) is 6.07 Å². The van der Waals surface area contributed by atoms with Crippen LogP contribution < -0.4 is 9.08 Å². The minimum atomic E-state index is -4.70. The first-order valence-corrected chi connectivity index (χ1v) is 5.30. The fourth-order valence-corrected chi connectivity index (χ4v) is 1.74. The molecule has 0 atom stereocenters. The molecule has 0 saturated carbocycles. The van der Waals surface area contributed by atoms with Gasteiger partial charge in [-0.15, -0.1) is 13.2 Å². The Bertz CT molecular complexity index is 545. The molecule has 0 unspecified atom stereocenters. The van der Waals surface area contributed by atoms with Crippen molar-refractivity contribution in [3.63, 3.8) is 0 Å². The number of halogens is 4. The lowest BCUT2D eigenvalue weighted by atomic mass is 10.1. The Morgan fingerprint density at radius 3 is 2.65 bits per heavy atom. The summed E-state index contributed by atoms with van der Waals surface area (Å²) in [6.07, 6.45) is -3.14. The van der Waals surface area contributed by atoms with Crippen LogP contribution in [0.3, 0.4) is 0 Å². The summed E-state index contributed by atoms with van der Waals surface area (Å²) in [6, 6.07) is 5.76. The molecule has 0 spiro atoms. The first-order valence-electron chi connectivity index (χ1n) is 4.51. The van der Waals surface area contributed by atoms with Gasteiger partial charge in [0.25, 0.3) is 0 Å². The average Bonchev–Trinajstić information content (AvgIpc) is 2.26. The number of benzene rings is 1. The fourth-order valence-electron chi connectivity index (χ4n) is 1.42. The Morgan fingerprint density at radius 1 is 1.24 bits per heavy atom. The number of hydrogen-bond acceptors (Lipinski definition) is 3. The molecule has 0 bridgehead atoms. The lowest BCUT2D eigenvalue weighted by Crippen LogP contribution is -2.17. The van der Waals surface area contributed by atoms with Gasteiger partial charge in [-0.3, -0.25) is 0 Å². The van der Waals surface area contributed by atoms with Gasteiger partial charge in [0.15, 0.2) is 0 Å². The first kappa shape index (κ1) is 12.0. The molecule has 0 aliphatic carbocycles. The zero-order valence-corrected chi connectivity index (χ0v) is 9.84. The van der Waals surface area contributed by atoms with Gasteiger partial charge >= 0.3 is 6.36 Å². The second kappa shape index (κ2) is 4.40. The molecule has 1 heterocycles. The molecule has 1 aromatic heterocycles. The summed E-state index contributed by atoms with van der Waals surface area (Å²) in [6.45, 7) is 0. The van der Waals surface area contributed by atoms with E-state index in [1.54, 1.807) is 12.3 Å². The summed E-state index contributed by atoms with van der Waals surface area (Å²) >= 11 is 2.99. The molecule has 90 valence electrons. The number of fused-ring (bicyclic) bond motifs is 1. The van der Waals surface area contributed by atoms with Crippen LogP contribution in [0.15, 0.2) is 30.5 Å². The predicted octanol–water partition coefficient (Wildman–Crippen LogP) is 3.86. The van der Waals surface area contributed by atoms with Crippen molar-refractivity contribution in [3.8, 4) is 5.75 Å². The minimum Gasteiger partial charge on any atom is -0.406 e. The number of rotatable bonds is 2. The molecule has 0 aliphatic rings. The quantitative estimate of drug-likeness (QED) is 0.856. The van der Waals surface area contributed by atoms with Crippen molar-refractivity contribution in [2.75, 3.05) is 4.34 Å². The lowest BCUT2D eigenvalue weighted by Gasteiger charge is -2.10. The smallest absolute Gasteiger partial charge is 0.406 e. The van der Waals surface area contributed by atoms with E-state index in [0.29, 0.717) is 11.2 Å². The summed E-state index contributed by atoms with van der Waals surface area (Å²) in [5.41, 5.74) is 0. The van der Waals surface area contributed by atoms with E-state index in [2.05, 4.69) is 30.2 Å². The van der Waals surface area contributed by atoms with Crippen LogP contribution in [-0.4, -0.2) is 11.3 Å². The molecular formula is C10H6BrF3N2O. The molecule has 7 heteroatoms. The number of pyridine rings is 1. The summed E-state index contributed by atoms with van der Waals surface area (Å²) < 4.78 is 42.6. The van der Waals surface area contributed by atoms with E-state index in [-0.39, 0.29) is 5.75 Å². The Hall–Kier alpha value is -1.50. The Labute approximate surface area is 103 Å². The fraction of sp³-hybridized carbons (Fsp3) is 0.100. The molecule has 3 nitrogen and oxygen atoms in total. The molecule has 0 amide bonds. The van der Waals surface area contributed by atoms with Crippen molar-refractivity contribution in [3.05, 3.63) is 30.5 Å². The Kier molecular flexibility index (Phi) is 3.10. The van der Waals surface area contributed by atoms with E-state index in [1.807, 2.05) is 0 Å². The molecule has 1 N–H and O–H groups in total. The Morgan fingerprint density at radius 2 is 2.00 bits per heavy atom. The normalized spacial score (nSPS) is 11.5. The molecule has 1 aromatic carbocycles. The van der Waals surface area contributed by atoms with Crippen LogP contribution in [0.1, 0.15) is 0 Å². The minimum absolute atomic E-state index is 0.276. The van der Waals surface area contributed by atoms with E-state index < -0.39 is 6.36 Å². The monoisotopic (exact) mass is 306 g/mol. The van der Waals surface area contributed by atoms with E-state index in [4.69, 9.17) is 0 Å². The van der Waals surface area contributed by atoms with Crippen molar-refractivity contribution >= 4 is 32.7 Å². The third-order valence-corrected chi connectivity index (χ3v) is 2.44. The maximum atomic E-state index is 12.1. The highest BCUT2D eigenvalue weighted by Gasteiger charge is 2.31. The molecule has 2 aromatic rings. The molecule has 2 rings (SSSR count). The highest BCUT2D eigenvalue weighted by Crippen LogP contribution is 2.29. The van der Waals surface area contributed by atoms with E-state index >= 15 is 0 Å². The lowest BCUT2D eigenvalue weighted by molar-refractivity contribution is -0.274. The van der Waals surface area contributed by atoms with Gasteiger partial charge in [0.05, 0.1) is 0 Å². The van der Waals surface area contributed by atoms with Crippen molar-refractivity contribution < 1.29 is 17.9 Å². The van der Waals surface area contributed by atoms with Gasteiger partial charge in [-0.05, 0) is 23.6 Å². The van der Waals surface area contributed by atoms with E-state index in [0.717, 1.165) is 5.39 Å². The molecule has 0 aliphatic heterocycles. The maximum Gasteiger partial charge on any atom is 0.573 e. The van der Waals surface area contributed by atoms with E-state index in [9.17, 15) is 13.2 Å². The first-order chi connectivity index (χ1) is 7.99. The average molecular weight is 307 g/mol. The van der Waals surface area contributed by atoms with Gasteiger partial charge in [0.2, 0.25) is 0 Å². The zero-order valence-electron chi connectivity index (χ0n) is 8.25. The third-order valence-electron chi connectivity index (χ3n) is 2.06. The molecular weight excluding hydrogens is 301 g/mol. The van der Waals surface area contributed by atoms with Gasteiger partial charge in [-0.25, -0.2) is 4.98 Å². The van der Waals surface area contributed by atoms with Gasteiger partial charge in [-0.2, -0.15) is 0 Å². The molecule has 17 heavy (non-hydrogen) atoms. The number of ether oxygens (including phenoxy) is 1. The number of hydrogen-bond donors (Lipinski definition) is 1.